The first-order valence-electron chi connectivity index (χ1n) is 7.41. The van der Waals surface area contributed by atoms with Gasteiger partial charge in [0.25, 0.3) is 5.91 Å². The van der Waals surface area contributed by atoms with Crippen molar-refractivity contribution in [2.75, 3.05) is 19.7 Å². The van der Waals surface area contributed by atoms with Crippen molar-refractivity contribution >= 4 is 15.9 Å². The summed E-state index contributed by atoms with van der Waals surface area (Å²) in [5, 5.41) is 11.4. The van der Waals surface area contributed by atoms with E-state index in [2.05, 4.69) is 10.0 Å². The van der Waals surface area contributed by atoms with Crippen LogP contribution in [0.2, 0.25) is 0 Å². The number of aliphatic hydroxyl groups is 1. The van der Waals surface area contributed by atoms with Gasteiger partial charge in [0, 0.05) is 13.1 Å². The molecule has 3 N–H and O–H groups in total. The molecular weight excluding hydrogens is 320 g/mol. The summed E-state index contributed by atoms with van der Waals surface area (Å²) in [6.45, 7) is 5.87. The van der Waals surface area contributed by atoms with Crippen molar-refractivity contribution in [3.05, 3.63) is 24.3 Å². The average molecular weight is 344 g/mol. The minimum absolute atomic E-state index is 0.0480. The molecule has 1 aromatic carbocycles. The van der Waals surface area contributed by atoms with Gasteiger partial charge >= 0.3 is 0 Å². The molecule has 0 saturated heterocycles. The zero-order valence-corrected chi connectivity index (χ0v) is 14.4. The standard InChI is InChI=1S/C15H24N2O5S/c1-11(2)10-16-15(19)12(3)22-13-4-6-14(7-5-13)23(20,21)17-8-9-18/h4-7,11-12,17-18H,8-10H2,1-3H3,(H,16,19)/t12-/m1/s1. The normalized spacial score (nSPS) is 12.9. The molecule has 0 unspecified atom stereocenters. The van der Waals surface area contributed by atoms with Crippen molar-refractivity contribution in [3.63, 3.8) is 0 Å². The SMILES string of the molecule is CC(C)CNC(=O)[C@@H](C)Oc1ccc(S(=O)(=O)NCCO)cc1. The molecule has 23 heavy (non-hydrogen) atoms. The highest BCUT2D eigenvalue weighted by Gasteiger charge is 2.16. The predicted octanol–water partition coefficient (Wildman–Crippen LogP) is 0.497. The summed E-state index contributed by atoms with van der Waals surface area (Å²) < 4.78 is 31.4. The van der Waals surface area contributed by atoms with E-state index in [0.717, 1.165) is 0 Å². The number of amides is 1. The number of hydrogen-bond acceptors (Lipinski definition) is 5. The lowest BCUT2D eigenvalue weighted by Crippen LogP contribution is -2.38. The molecule has 1 atom stereocenters. The third-order valence-corrected chi connectivity index (χ3v) is 4.38. The first kappa shape index (κ1) is 19.4. The van der Waals surface area contributed by atoms with Crippen LogP contribution in [0.15, 0.2) is 29.2 Å². The topological polar surface area (TPSA) is 105 Å². The van der Waals surface area contributed by atoms with E-state index in [1.54, 1.807) is 6.92 Å². The van der Waals surface area contributed by atoms with Gasteiger partial charge in [-0.1, -0.05) is 13.8 Å². The lowest BCUT2D eigenvalue weighted by atomic mass is 10.2. The molecule has 0 fully saturated rings. The van der Waals surface area contributed by atoms with E-state index >= 15 is 0 Å². The summed E-state index contributed by atoms with van der Waals surface area (Å²) in [6.07, 6.45) is -0.677. The summed E-state index contributed by atoms with van der Waals surface area (Å²) in [5.74, 6) is 0.528. The summed E-state index contributed by atoms with van der Waals surface area (Å²) in [5.41, 5.74) is 0. The van der Waals surface area contributed by atoms with E-state index in [0.29, 0.717) is 18.2 Å². The molecule has 0 aliphatic heterocycles. The lowest BCUT2D eigenvalue weighted by Gasteiger charge is -2.16. The lowest BCUT2D eigenvalue weighted by molar-refractivity contribution is -0.127. The highest BCUT2D eigenvalue weighted by molar-refractivity contribution is 7.89. The number of rotatable bonds is 9. The molecule has 7 nitrogen and oxygen atoms in total. The second-order valence-corrected chi connectivity index (χ2v) is 7.26. The van der Waals surface area contributed by atoms with Crippen molar-refractivity contribution in [3.8, 4) is 5.75 Å². The first-order valence-corrected chi connectivity index (χ1v) is 8.89. The molecule has 0 heterocycles. The monoisotopic (exact) mass is 344 g/mol. The fraction of sp³-hybridized carbons (Fsp3) is 0.533. The quantitative estimate of drug-likeness (QED) is 0.605. The van der Waals surface area contributed by atoms with Gasteiger partial charge in [-0.3, -0.25) is 4.79 Å². The van der Waals surface area contributed by atoms with Gasteiger partial charge in [-0.05, 0) is 37.1 Å². The van der Waals surface area contributed by atoms with Crippen LogP contribution < -0.4 is 14.8 Å². The average Bonchev–Trinajstić information content (AvgIpc) is 2.51. The number of carbonyl (C=O) groups is 1. The second kappa shape index (κ2) is 8.85. The Morgan fingerprint density at radius 3 is 2.35 bits per heavy atom. The van der Waals surface area contributed by atoms with Gasteiger partial charge in [-0.25, -0.2) is 13.1 Å². The number of sulfonamides is 1. The number of carbonyl (C=O) groups excluding carboxylic acids is 1. The van der Waals surface area contributed by atoms with Crippen LogP contribution in [-0.2, 0) is 14.8 Å². The highest BCUT2D eigenvalue weighted by Crippen LogP contribution is 2.17. The van der Waals surface area contributed by atoms with Crippen molar-refractivity contribution in [2.24, 2.45) is 5.92 Å². The number of aliphatic hydroxyl groups excluding tert-OH is 1. The zero-order valence-electron chi connectivity index (χ0n) is 13.6. The Balaban J connectivity index is 2.65. The largest absolute Gasteiger partial charge is 0.481 e. The maximum Gasteiger partial charge on any atom is 0.260 e. The first-order chi connectivity index (χ1) is 10.8. The Hall–Kier alpha value is -1.64. The number of benzene rings is 1. The zero-order chi connectivity index (χ0) is 17.5. The second-order valence-electron chi connectivity index (χ2n) is 5.49. The highest BCUT2D eigenvalue weighted by atomic mass is 32.2. The summed E-state index contributed by atoms with van der Waals surface area (Å²) in [4.78, 5) is 11.9. The number of nitrogens with one attached hydrogen (secondary N) is 2. The molecule has 0 radical (unpaired) electrons. The van der Waals surface area contributed by atoms with E-state index in [-0.39, 0.29) is 24.0 Å². The molecule has 130 valence electrons. The van der Waals surface area contributed by atoms with Crippen molar-refractivity contribution in [1.29, 1.82) is 0 Å². The smallest absolute Gasteiger partial charge is 0.260 e. The summed E-state index contributed by atoms with van der Waals surface area (Å²) >= 11 is 0. The molecule has 0 spiro atoms. The Bertz CT molecular complexity index is 599. The van der Waals surface area contributed by atoms with Gasteiger partial charge < -0.3 is 15.2 Å². The van der Waals surface area contributed by atoms with Crippen molar-refractivity contribution < 1.29 is 23.1 Å². The number of hydrogen-bond donors (Lipinski definition) is 3. The molecule has 1 amide bonds. The summed E-state index contributed by atoms with van der Waals surface area (Å²) in [7, 11) is -3.65. The van der Waals surface area contributed by atoms with E-state index in [4.69, 9.17) is 9.84 Å². The van der Waals surface area contributed by atoms with Crippen LogP contribution in [-0.4, -0.2) is 45.2 Å². The van der Waals surface area contributed by atoms with Crippen LogP contribution >= 0.6 is 0 Å². The van der Waals surface area contributed by atoms with Crippen LogP contribution in [0.1, 0.15) is 20.8 Å². The Labute approximate surface area is 137 Å². The Morgan fingerprint density at radius 1 is 1.22 bits per heavy atom. The molecule has 0 aromatic heterocycles. The van der Waals surface area contributed by atoms with Gasteiger partial charge in [0.1, 0.15) is 5.75 Å². The molecule has 0 aliphatic rings. The third-order valence-electron chi connectivity index (χ3n) is 2.90. The van der Waals surface area contributed by atoms with E-state index in [1.807, 2.05) is 13.8 Å². The molecular formula is C15H24N2O5S. The van der Waals surface area contributed by atoms with Gasteiger partial charge in [0.2, 0.25) is 10.0 Å². The molecule has 0 saturated carbocycles. The maximum atomic E-state index is 11.9. The fourth-order valence-corrected chi connectivity index (χ4v) is 2.69. The van der Waals surface area contributed by atoms with E-state index in [1.165, 1.54) is 24.3 Å². The Kier molecular flexibility index (Phi) is 7.47. The molecule has 1 aromatic rings. The van der Waals surface area contributed by atoms with Gasteiger partial charge in [0.15, 0.2) is 6.10 Å². The molecule has 1 rings (SSSR count). The van der Waals surface area contributed by atoms with Crippen LogP contribution in [0.4, 0.5) is 0 Å². The molecule has 0 bridgehead atoms. The summed E-state index contributed by atoms with van der Waals surface area (Å²) in [6, 6.07) is 5.74. The number of ether oxygens (including phenoxy) is 1. The van der Waals surface area contributed by atoms with Gasteiger partial charge in [-0.15, -0.1) is 0 Å². The van der Waals surface area contributed by atoms with Gasteiger partial charge in [-0.2, -0.15) is 0 Å². The van der Waals surface area contributed by atoms with E-state index < -0.39 is 16.1 Å². The molecule has 8 heteroatoms. The maximum absolute atomic E-state index is 11.9. The van der Waals surface area contributed by atoms with Crippen LogP contribution in [0.5, 0.6) is 5.75 Å². The minimum atomic E-state index is -3.65. The van der Waals surface area contributed by atoms with Crippen molar-refractivity contribution in [2.45, 2.75) is 31.8 Å². The minimum Gasteiger partial charge on any atom is -0.481 e. The van der Waals surface area contributed by atoms with Crippen molar-refractivity contribution in [1.82, 2.24) is 10.0 Å². The Morgan fingerprint density at radius 2 is 1.83 bits per heavy atom. The van der Waals surface area contributed by atoms with Crippen LogP contribution in [0, 0.1) is 5.92 Å². The third kappa shape index (κ3) is 6.55. The predicted molar refractivity (Wildman–Crippen MR) is 86.7 cm³/mol. The van der Waals surface area contributed by atoms with Gasteiger partial charge in [0.05, 0.1) is 11.5 Å². The molecule has 0 aliphatic carbocycles. The van der Waals surface area contributed by atoms with E-state index in [9.17, 15) is 13.2 Å². The van der Waals surface area contributed by atoms with Crippen LogP contribution in [0.25, 0.3) is 0 Å². The van der Waals surface area contributed by atoms with Crippen LogP contribution in [0.3, 0.4) is 0 Å². The fourth-order valence-electron chi connectivity index (χ4n) is 1.67.